The lowest BCUT2D eigenvalue weighted by atomic mass is 9.85. The molecule has 0 fully saturated rings. The first-order valence-corrected chi connectivity index (χ1v) is 9.46. The van der Waals surface area contributed by atoms with E-state index in [1.54, 1.807) is 10.9 Å². The number of hydrogen-bond acceptors (Lipinski definition) is 6. The lowest BCUT2D eigenvalue weighted by molar-refractivity contribution is -0.125. The van der Waals surface area contributed by atoms with E-state index in [0.717, 1.165) is 15.4 Å². The molecule has 144 valence electrons. The van der Waals surface area contributed by atoms with Crippen LogP contribution in [0.2, 0.25) is 0 Å². The van der Waals surface area contributed by atoms with Crippen LogP contribution in [0.25, 0.3) is 27.9 Å². The van der Waals surface area contributed by atoms with Gasteiger partial charge in [0.15, 0.2) is 22.8 Å². The number of rotatable bonds is 4. The van der Waals surface area contributed by atoms with E-state index in [9.17, 15) is 4.79 Å². The molecule has 28 heavy (non-hydrogen) atoms. The fraction of sp³-hybridized carbons (Fsp3) is 0.278. The van der Waals surface area contributed by atoms with E-state index in [1.165, 1.54) is 4.52 Å². The van der Waals surface area contributed by atoms with Gasteiger partial charge in [-0.1, -0.05) is 19.9 Å². The van der Waals surface area contributed by atoms with E-state index in [0.29, 0.717) is 17.0 Å². The molecule has 0 bridgehead atoms. The standard InChI is InChI=1S/C18H19BrN8O/c1-9(2)18(21,16(20)28)17-23-13-11(5-4-6-12(13)19)15-24-14(25-27(15)17)10-7-22-26(3)8-10/h4-9H,21H2,1-3H3,(H2,20,28)/t18-/m1/s1. The van der Waals surface area contributed by atoms with Crippen molar-refractivity contribution in [2.24, 2.45) is 24.4 Å². The molecule has 10 heteroatoms. The maximum Gasteiger partial charge on any atom is 0.245 e. The topological polar surface area (TPSA) is 130 Å². The molecular formula is C18H19BrN8O. The first kappa shape index (κ1) is 18.5. The number of hydrogen-bond donors (Lipinski definition) is 2. The first-order chi connectivity index (χ1) is 13.2. The third kappa shape index (κ3) is 2.60. The molecule has 1 atom stereocenters. The SMILES string of the molecule is CC(C)[C@@](N)(C(N)=O)c1nc2c(Br)cccc2c2nc(-c3cnn(C)c3)nn12. The summed E-state index contributed by atoms with van der Waals surface area (Å²) in [6, 6.07) is 5.65. The second-order valence-electron chi connectivity index (χ2n) is 7.03. The van der Waals surface area contributed by atoms with Crippen LogP contribution < -0.4 is 11.5 Å². The Bertz CT molecular complexity index is 1230. The molecule has 4 aromatic rings. The highest BCUT2D eigenvalue weighted by molar-refractivity contribution is 9.10. The van der Waals surface area contributed by atoms with Crippen LogP contribution in [0.5, 0.6) is 0 Å². The minimum Gasteiger partial charge on any atom is -0.368 e. The average Bonchev–Trinajstić information content (AvgIpc) is 3.26. The molecule has 0 unspecified atom stereocenters. The van der Waals surface area contributed by atoms with Crippen molar-refractivity contribution in [1.82, 2.24) is 29.4 Å². The summed E-state index contributed by atoms with van der Waals surface area (Å²) in [6.45, 7) is 3.64. The Morgan fingerprint density at radius 1 is 1.29 bits per heavy atom. The van der Waals surface area contributed by atoms with Crippen LogP contribution in [0, 0.1) is 5.92 Å². The number of fused-ring (bicyclic) bond motifs is 3. The molecule has 0 radical (unpaired) electrons. The van der Waals surface area contributed by atoms with Gasteiger partial charge < -0.3 is 11.5 Å². The summed E-state index contributed by atoms with van der Waals surface area (Å²) in [4.78, 5) is 21.8. The summed E-state index contributed by atoms with van der Waals surface area (Å²) in [6.07, 6.45) is 3.48. The van der Waals surface area contributed by atoms with Crippen LogP contribution in [-0.2, 0) is 17.4 Å². The summed E-state index contributed by atoms with van der Waals surface area (Å²) < 4.78 is 3.94. The van der Waals surface area contributed by atoms with E-state index >= 15 is 0 Å². The molecule has 0 saturated heterocycles. The Labute approximate surface area is 168 Å². The van der Waals surface area contributed by atoms with E-state index in [1.807, 2.05) is 45.3 Å². The highest BCUT2D eigenvalue weighted by Crippen LogP contribution is 2.32. The number of benzene rings is 1. The number of halogens is 1. The third-order valence-electron chi connectivity index (χ3n) is 4.90. The van der Waals surface area contributed by atoms with Gasteiger partial charge in [-0.25, -0.2) is 9.97 Å². The maximum absolute atomic E-state index is 12.4. The van der Waals surface area contributed by atoms with Gasteiger partial charge in [0, 0.05) is 23.1 Å². The van der Waals surface area contributed by atoms with Crippen LogP contribution in [-0.4, -0.2) is 35.3 Å². The fourth-order valence-electron chi connectivity index (χ4n) is 3.18. The van der Waals surface area contributed by atoms with E-state index in [2.05, 4.69) is 31.1 Å². The summed E-state index contributed by atoms with van der Waals surface area (Å²) in [7, 11) is 1.82. The smallest absolute Gasteiger partial charge is 0.245 e. The predicted molar refractivity (Wildman–Crippen MR) is 108 cm³/mol. The van der Waals surface area contributed by atoms with Crippen LogP contribution in [0.4, 0.5) is 0 Å². The third-order valence-corrected chi connectivity index (χ3v) is 5.54. The Morgan fingerprint density at radius 2 is 2.04 bits per heavy atom. The molecule has 3 heterocycles. The molecule has 1 amide bonds. The van der Waals surface area contributed by atoms with Crippen LogP contribution in [0.15, 0.2) is 35.1 Å². The normalized spacial score (nSPS) is 14.1. The number of aromatic nitrogens is 6. The molecule has 3 aromatic heterocycles. The maximum atomic E-state index is 12.4. The molecule has 4 N–H and O–H groups in total. The summed E-state index contributed by atoms with van der Waals surface area (Å²) in [5, 5.41) is 9.54. The zero-order valence-electron chi connectivity index (χ0n) is 15.6. The second-order valence-corrected chi connectivity index (χ2v) is 7.89. The molecule has 0 aliphatic carbocycles. The van der Waals surface area contributed by atoms with Gasteiger partial charge in [0.05, 0.1) is 17.3 Å². The van der Waals surface area contributed by atoms with E-state index < -0.39 is 11.4 Å². The monoisotopic (exact) mass is 442 g/mol. The van der Waals surface area contributed by atoms with Crippen molar-refractivity contribution in [2.75, 3.05) is 0 Å². The second kappa shape index (κ2) is 6.35. The summed E-state index contributed by atoms with van der Waals surface area (Å²) in [5.74, 6) is -0.293. The number of primary amides is 1. The zero-order valence-corrected chi connectivity index (χ0v) is 17.2. The number of nitrogens with zero attached hydrogens (tertiary/aromatic N) is 6. The van der Waals surface area contributed by atoms with Gasteiger partial charge in [0.2, 0.25) is 5.91 Å². The Morgan fingerprint density at radius 3 is 2.64 bits per heavy atom. The largest absolute Gasteiger partial charge is 0.368 e. The van der Waals surface area contributed by atoms with Gasteiger partial charge >= 0.3 is 0 Å². The van der Waals surface area contributed by atoms with Crippen molar-refractivity contribution in [1.29, 1.82) is 0 Å². The molecule has 0 aliphatic rings. The van der Waals surface area contributed by atoms with E-state index in [4.69, 9.17) is 16.5 Å². The molecule has 1 aromatic carbocycles. The lowest BCUT2D eigenvalue weighted by Gasteiger charge is -2.29. The average molecular weight is 443 g/mol. The molecule has 4 rings (SSSR count). The van der Waals surface area contributed by atoms with Crippen LogP contribution in [0.1, 0.15) is 19.7 Å². The minimum absolute atomic E-state index is 0.243. The summed E-state index contributed by atoms with van der Waals surface area (Å²) >= 11 is 3.52. The fourth-order valence-corrected chi connectivity index (χ4v) is 3.63. The van der Waals surface area contributed by atoms with Crippen molar-refractivity contribution in [3.05, 3.63) is 40.9 Å². The molecule has 0 spiro atoms. The minimum atomic E-state index is -1.53. The Balaban J connectivity index is 2.15. The number of nitrogens with two attached hydrogens (primary N) is 2. The van der Waals surface area contributed by atoms with Gasteiger partial charge in [-0.3, -0.25) is 9.48 Å². The molecule has 0 saturated carbocycles. The van der Waals surface area contributed by atoms with Crippen molar-refractivity contribution < 1.29 is 4.79 Å². The van der Waals surface area contributed by atoms with E-state index in [-0.39, 0.29) is 11.7 Å². The number of para-hydroxylation sites is 1. The Kier molecular flexibility index (Phi) is 4.20. The van der Waals surface area contributed by atoms with Gasteiger partial charge in [0.1, 0.15) is 0 Å². The predicted octanol–water partition coefficient (Wildman–Crippen LogP) is 1.74. The van der Waals surface area contributed by atoms with Crippen molar-refractivity contribution in [3.8, 4) is 11.4 Å². The van der Waals surface area contributed by atoms with Gasteiger partial charge in [-0.05, 0) is 34.0 Å². The zero-order chi connectivity index (χ0) is 20.2. The Hall–Kier alpha value is -2.85. The first-order valence-electron chi connectivity index (χ1n) is 8.66. The molecule has 0 aliphatic heterocycles. The van der Waals surface area contributed by atoms with Crippen LogP contribution in [0.3, 0.4) is 0 Å². The lowest BCUT2D eigenvalue weighted by Crippen LogP contribution is -2.54. The summed E-state index contributed by atoms with van der Waals surface area (Å²) in [5.41, 5.74) is 12.6. The highest BCUT2D eigenvalue weighted by atomic mass is 79.9. The number of amides is 1. The number of aryl methyl sites for hydroxylation is 1. The van der Waals surface area contributed by atoms with Gasteiger partial charge in [-0.15, -0.1) is 5.10 Å². The van der Waals surface area contributed by atoms with Crippen molar-refractivity contribution in [2.45, 2.75) is 19.4 Å². The van der Waals surface area contributed by atoms with Crippen LogP contribution >= 0.6 is 15.9 Å². The number of carbonyl (C=O) groups is 1. The van der Waals surface area contributed by atoms with Gasteiger partial charge in [-0.2, -0.15) is 9.61 Å². The quantitative estimate of drug-likeness (QED) is 0.494. The number of carbonyl (C=O) groups excluding carboxylic acids is 1. The van der Waals surface area contributed by atoms with Gasteiger partial charge in [0.25, 0.3) is 0 Å². The highest BCUT2D eigenvalue weighted by Gasteiger charge is 2.42. The van der Waals surface area contributed by atoms with Crippen molar-refractivity contribution >= 4 is 38.4 Å². The van der Waals surface area contributed by atoms with Crippen molar-refractivity contribution in [3.63, 3.8) is 0 Å². The molecular weight excluding hydrogens is 424 g/mol. The molecule has 9 nitrogen and oxygen atoms in total.